The van der Waals surface area contributed by atoms with E-state index in [4.69, 9.17) is 4.18 Å². The molecular formula is C18H19NaO5S. The molecular weight excluding hydrogens is 351 g/mol. The largest absolute Gasteiger partial charge is 1.00 e. The summed E-state index contributed by atoms with van der Waals surface area (Å²) in [7, 11) is 0. The molecule has 0 radical (unpaired) electrons. The van der Waals surface area contributed by atoms with E-state index < -0.39 is 0 Å². The number of rotatable bonds is 4. The molecule has 2 aromatic rings. The third-order valence-electron chi connectivity index (χ3n) is 5.90. The van der Waals surface area contributed by atoms with Crippen molar-refractivity contribution < 1.29 is 53.5 Å². The SMILES string of the molecule is C[C@]12CCc3c(ccc4cc(OSOO[O-])ccc34)C1CC[C@H]2O.[Na+]. The maximum Gasteiger partial charge on any atom is 1.00 e. The van der Waals surface area contributed by atoms with E-state index in [0.717, 1.165) is 31.1 Å². The van der Waals surface area contributed by atoms with Crippen LogP contribution in [0.15, 0.2) is 30.3 Å². The summed E-state index contributed by atoms with van der Waals surface area (Å²) in [5.41, 5.74) is 2.79. The van der Waals surface area contributed by atoms with Crippen molar-refractivity contribution in [2.24, 2.45) is 5.41 Å². The Morgan fingerprint density at radius 2 is 2.08 bits per heavy atom. The predicted octanol–water partition coefficient (Wildman–Crippen LogP) is 0.200. The molecule has 2 aromatic carbocycles. The maximum atomic E-state index is 10.4. The Morgan fingerprint density at radius 1 is 1.24 bits per heavy atom. The first kappa shape index (κ1) is 19.5. The van der Waals surface area contributed by atoms with Gasteiger partial charge in [0.05, 0.1) is 6.10 Å². The third kappa shape index (κ3) is 3.35. The molecule has 7 heteroatoms. The van der Waals surface area contributed by atoms with Gasteiger partial charge >= 0.3 is 29.6 Å². The standard InChI is InChI=1S/C18H20O5S.Na/c1-18-9-8-14-13-5-3-12(21-24-23-22-20)10-11(13)2-4-15(14)16(18)6-7-17(18)19;/h2-5,10,16-17,19-20H,6-9H2,1H3;/q;+1/p-1/t16?,17-,18+;/m1./s1. The fourth-order valence-corrected chi connectivity index (χ4v) is 4.81. The molecule has 0 saturated heterocycles. The van der Waals surface area contributed by atoms with Crippen LogP contribution >= 0.6 is 12.3 Å². The van der Waals surface area contributed by atoms with Crippen molar-refractivity contribution >= 4 is 23.1 Å². The number of benzene rings is 2. The van der Waals surface area contributed by atoms with Gasteiger partial charge in [-0.3, -0.25) is 5.04 Å². The second-order valence-corrected chi connectivity index (χ2v) is 7.39. The monoisotopic (exact) mass is 370 g/mol. The van der Waals surface area contributed by atoms with Gasteiger partial charge in [-0.25, -0.2) is 0 Å². The minimum atomic E-state index is -0.192. The van der Waals surface area contributed by atoms with Gasteiger partial charge in [-0.1, -0.05) is 25.1 Å². The molecule has 1 unspecified atom stereocenters. The van der Waals surface area contributed by atoms with E-state index in [0.29, 0.717) is 24.0 Å². The van der Waals surface area contributed by atoms with Crippen LogP contribution in [0.3, 0.4) is 0 Å². The summed E-state index contributed by atoms with van der Waals surface area (Å²) in [4.78, 5) is 0. The molecule has 0 aliphatic heterocycles. The molecule has 5 nitrogen and oxygen atoms in total. The van der Waals surface area contributed by atoms with E-state index in [1.807, 2.05) is 12.1 Å². The second-order valence-electron chi connectivity index (χ2n) is 6.96. The van der Waals surface area contributed by atoms with Gasteiger partial charge in [0.25, 0.3) is 12.3 Å². The zero-order valence-electron chi connectivity index (χ0n) is 14.4. The van der Waals surface area contributed by atoms with Gasteiger partial charge in [-0.2, -0.15) is 0 Å². The topological polar surface area (TPSA) is 71.0 Å². The molecule has 2 aliphatic carbocycles. The van der Waals surface area contributed by atoms with Gasteiger partial charge in [0, 0.05) is 5.41 Å². The Hall–Kier alpha value is -0.310. The summed E-state index contributed by atoms with van der Waals surface area (Å²) in [6, 6.07) is 10.1. The van der Waals surface area contributed by atoms with Crippen LogP contribution in [0.2, 0.25) is 0 Å². The van der Waals surface area contributed by atoms with Crippen LogP contribution in [0.1, 0.15) is 43.2 Å². The van der Waals surface area contributed by atoms with Crippen molar-refractivity contribution in [1.29, 1.82) is 0 Å². The Labute approximate surface area is 173 Å². The first-order valence-corrected chi connectivity index (χ1v) is 8.83. The van der Waals surface area contributed by atoms with E-state index >= 15 is 0 Å². The van der Waals surface area contributed by atoms with Crippen LogP contribution in [-0.4, -0.2) is 11.2 Å². The molecule has 0 aromatic heterocycles. The van der Waals surface area contributed by atoms with Crippen LogP contribution in [0.25, 0.3) is 10.8 Å². The van der Waals surface area contributed by atoms with Crippen molar-refractivity contribution in [3.05, 3.63) is 41.5 Å². The normalized spacial score (nSPS) is 27.5. The van der Waals surface area contributed by atoms with Crippen molar-refractivity contribution in [3.63, 3.8) is 0 Å². The van der Waals surface area contributed by atoms with E-state index in [-0.39, 0.29) is 41.1 Å². The van der Waals surface area contributed by atoms with Crippen molar-refractivity contribution in [2.45, 2.75) is 44.6 Å². The van der Waals surface area contributed by atoms with Crippen molar-refractivity contribution in [3.8, 4) is 5.75 Å². The van der Waals surface area contributed by atoms with E-state index in [1.165, 1.54) is 16.5 Å². The smallest absolute Gasteiger partial charge is 0.691 e. The fraction of sp³-hybridized carbons (Fsp3) is 0.444. The first-order chi connectivity index (χ1) is 11.6. The second kappa shape index (κ2) is 7.74. The average Bonchev–Trinajstić information content (AvgIpc) is 2.90. The molecule has 1 saturated carbocycles. The Kier molecular flexibility index (Phi) is 6.02. The molecule has 1 N–H and O–H groups in total. The third-order valence-corrected chi connectivity index (χ3v) is 6.27. The minimum Gasteiger partial charge on any atom is -0.691 e. The number of aryl methyl sites for hydroxylation is 1. The first-order valence-electron chi connectivity index (χ1n) is 8.17. The van der Waals surface area contributed by atoms with Gasteiger partial charge in [-0.05, 0) is 65.6 Å². The maximum absolute atomic E-state index is 10.4. The number of fused-ring (bicyclic) bond motifs is 5. The van der Waals surface area contributed by atoms with Crippen LogP contribution in [-0.2, 0) is 15.8 Å². The molecule has 0 spiro atoms. The van der Waals surface area contributed by atoms with Crippen LogP contribution in [0.4, 0.5) is 0 Å². The number of aliphatic hydroxyl groups excluding tert-OH is 1. The molecule has 0 heterocycles. The number of hydrogen-bond acceptors (Lipinski definition) is 6. The van der Waals surface area contributed by atoms with E-state index in [2.05, 4.69) is 34.5 Å². The summed E-state index contributed by atoms with van der Waals surface area (Å²) in [5.74, 6) is 1.04. The molecule has 25 heavy (non-hydrogen) atoms. The minimum absolute atomic E-state index is 0. The Morgan fingerprint density at radius 3 is 2.88 bits per heavy atom. The summed E-state index contributed by atoms with van der Waals surface area (Å²) < 4.78 is 9.36. The average molecular weight is 370 g/mol. The zero-order chi connectivity index (χ0) is 16.7. The zero-order valence-corrected chi connectivity index (χ0v) is 17.2. The summed E-state index contributed by atoms with van der Waals surface area (Å²) in [6.45, 7) is 2.23. The number of hydrogen-bond donors (Lipinski definition) is 1. The van der Waals surface area contributed by atoms with Crippen molar-refractivity contribution in [1.82, 2.24) is 0 Å². The van der Waals surface area contributed by atoms with Gasteiger partial charge in [0.15, 0.2) is 0 Å². The van der Waals surface area contributed by atoms with Crippen LogP contribution < -0.4 is 39.0 Å². The molecule has 2 aliphatic rings. The molecule has 0 bridgehead atoms. The van der Waals surface area contributed by atoms with E-state index in [9.17, 15) is 10.4 Å². The van der Waals surface area contributed by atoms with E-state index in [1.54, 1.807) is 0 Å². The summed E-state index contributed by atoms with van der Waals surface area (Å²) in [5, 5.41) is 25.8. The predicted molar refractivity (Wildman–Crippen MR) is 88.7 cm³/mol. The van der Waals surface area contributed by atoms with Gasteiger partial charge < -0.3 is 14.5 Å². The summed E-state index contributed by atoms with van der Waals surface area (Å²) >= 11 is 0.493. The Bertz CT molecular complexity index is 770. The van der Waals surface area contributed by atoms with Gasteiger partial charge in [0.1, 0.15) is 5.75 Å². The molecule has 1 fully saturated rings. The summed E-state index contributed by atoms with van der Waals surface area (Å²) in [6.07, 6.45) is 3.76. The Balaban J connectivity index is 0.00000182. The molecule has 3 atom stereocenters. The van der Waals surface area contributed by atoms with Crippen LogP contribution in [0.5, 0.6) is 5.75 Å². The quantitative estimate of drug-likeness (QED) is 0.273. The van der Waals surface area contributed by atoms with Gasteiger partial charge in [0.2, 0.25) is 0 Å². The van der Waals surface area contributed by atoms with Gasteiger partial charge in [-0.15, -0.1) is 4.33 Å². The molecule has 128 valence electrons. The molecule has 4 rings (SSSR count). The van der Waals surface area contributed by atoms with Crippen LogP contribution in [0, 0.1) is 5.41 Å². The molecule has 0 amide bonds. The fourth-order valence-electron chi connectivity index (χ4n) is 4.57. The van der Waals surface area contributed by atoms with Crippen molar-refractivity contribution in [2.75, 3.05) is 0 Å². The number of aliphatic hydroxyl groups is 1.